The molecule has 0 saturated carbocycles. The second-order valence-corrected chi connectivity index (χ2v) is 4.04. The predicted molar refractivity (Wildman–Crippen MR) is 56.3 cm³/mol. The molecular formula is C11H16F3NO2. The number of carbonyl (C=O) groups is 1. The van der Waals surface area contributed by atoms with Gasteiger partial charge in [0.2, 0.25) is 0 Å². The van der Waals surface area contributed by atoms with Crippen molar-refractivity contribution in [3.05, 3.63) is 12.2 Å². The van der Waals surface area contributed by atoms with Crippen LogP contribution in [0.5, 0.6) is 0 Å². The van der Waals surface area contributed by atoms with Crippen LogP contribution in [-0.4, -0.2) is 31.8 Å². The molecule has 0 aromatic heterocycles. The van der Waals surface area contributed by atoms with Crippen molar-refractivity contribution in [2.24, 2.45) is 5.92 Å². The van der Waals surface area contributed by atoms with E-state index < -0.39 is 24.7 Å². The van der Waals surface area contributed by atoms with E-state index in [-0.39, 0.29) is 5.92 Å². The molecule has 0 amide bonds. The molecular weight excluding hydrogens is 235 g/mol. The van der Waals surface area contributed by atoms with Crippen molar-refractivity contribution in [1.82, 2.24) is 5.32 Å². The monoisotopic (exact) mass is 251 g/mol. The predicted octanol–water partition coefficient (Wildman–Crippen LogP) is 2.04. The number of carbonyl (C=O) groups excluding carboxylic acids is 1. The van der Waals surface area contributed by atoms with Gasteiger partial charge in [0.1, 0.15) is 6.04 Å². The molecule has 0 heterocycles. The fraction of sp³-hybridized carbons (Fsp3) is 0.727. The Morgan fingerprint density at radius 3 is 2.71 bits per heavy atom. The van der Waals surface area contributed by atoms with Gasteiger partial charge < -0.3 is 4.74 Å². The summed E-state index contributed by atoms with van der Waals surface area (Å²) in [4.78, 5) is 11.5. The van der Waals surface area contributed by atoms with E-state index >= 15 is 0 Å². The van der Waals surface area contributed by atoms with Crippen molar-refractivity contribution < 1.29 is 22.7 Å². The highest BCUT2D eigenvalue weighted by atomic mass is 19.4. The highest BCUT2D eigenvalue weighted by Crippen LogP contribution is 2.23. The molecule has 3 nitrogen and oxygen atoms in total. The molecule has 2 unspecified atom stereocenters. The zero-order valence-electron chi connectivity index (χ0n) is 9.59. The van der Waals surface area contributed by atoms with E-state index in [0.717, 1.165) is 6.42 Å². The van der Waals surface area contributed by atoms with Crippen molar-refractivity contribution in [3.8, 4) is 0 Å². The van der Waals surface area contributed by atoms with Gasteiger partial charge in [-0.3, -0.25) is 10.1 Å². The smallest absolute Gasteiger partial charge is 0.401 e. The molecule has 0 radical (unpaired) electrons. The second-order valence-electron chi connectivity index (χ2n) is 4.04. The van der Waals surface area contributed by atoms with Crippen LogP contribution >= 0.6 is 0 Å². The molecule has 2 atom stereocenters. The molecule has 0 aromatic rings. The summed E-state index contributed by atoms with van der Waals surface area (Å²) < 4.78 is 40.9. The van der Waals surface area contributed by atoms with Crippen LogP contribution in [0.4, 0.5) is 13.2 Å². The van der Waals surface area contributed by atoms with Crippen LogP contribution in [0.25, 0.3) is 0 Å². The highest BCUT2D eigenvalue weighted by Gasteiger charge is 2.34. The molecule has 1 N–H and O–H groups in total. The molecule has 0 bridgehead atoms. The molecule has 0 aromatic carbocycles. The zero-order chi connectivity index (χ0) is 12.9. The Morgan fingerprint density at radius 2 is 2.24 bits per heavy atom. The summed E-state index contributed by atoms with van der Waals surface area (Å²) in [5.74, 6) is -0.760. The van der Waals surface area contributed by atoms with Gasteiger partial charge in [-0.1, -0.05) is 12.2 Å². The van der Waals surface area contributed by atoms with Gasteiger partial charge in [-0.05, 0) is 25.2 Å². The molecule has 0 saturated heterocycles. The molecule has 0 fully saturated rings. The lowest BCUT2D eigenvalue weighted by molar-refractivity contribution is -0.148. The van der Waals surface area contributed by atoms with Gasteiger partial charge in [0.15, 0.2) is 0 Å². The fourth-order valence-electron chi connectivity index (χ4n) is 1.91. The Bertz CT molecular complexity index is 289. The second kappa shape index (κ2) is 6.05. The van der Waals surface area contributed by atoms with Crippen LogP contribution in [0.15, 0.2) is 12.2 Å². The van der Waals surface area contributed by atoms with Gasteiger partial charge in [0.05, 0.1) is 13.7 Å². The van der Waals surface area contributed by atoms with E-state index in [1.165, 1.54) is 7.11 Å². The fourth-order valence-corrected chi connectivity index (χ4v) is 1.91. The van der Waals surface area contributed by atoms with Crippen LogP contribution in [0.2, 0.25) is 0 Å². The summed E-state index contributed by atoms with van der Waals surface area (Å²) in [6.07, 6.45) is 1.61. The minimum absolute atomic E-state index is 0.130. The van der Waals surface area contributed by atoms with Gasteiger partial charge in [-0.15, -0.1) is 0 Å². The first kappa shape index (κ1) is 14.0. The number of rotatable bonds is 4. The number of hydrogen-bond acceptors (Lipinski definition) is 3. The van der Waals surface area contributed by atoms with Gasteiger partial charge in [0, 0.05) is 0 Å². The standard InChI is InChI=1S/C11H16F3NO2/c1-17-10(16)9(15-7-11(12,13)14)8-5-3-2-4-6-8/h2-3,8-9,15H,4-7H2,1H3. The largest absolute Gasteiger partial charge is 0.468 e. The average Bonchev–Trinajstić information content (AvgIpc) is 2.29. The third kappa shape index (κ3) is 4.77. The van der Waals surface area contributed by atoms with Crippen molar-refractivity contribution >= 4 is 5.97 Å². The Labute approximate surface area is 98.0 Å². The Hall–Kier alpha value is -1.04. The lowest BCUT2D eigenvalue weighted by atomic mass is 9.87. The zero-order valence-corrected chi connectivity index (χ0v) is 9.59. The van der Waals surface area contributed by atoms with Crippen molar-refractivity contribution in [1.29, 1.82) is 0 Å². The first-order valence-corrected chi connectivity index (χ1v) is 5.47. The number of ether oxygens (including phenoxy) is 1. The third-order valence-corrected chi connectivity index (χ3v) is 2.76. The lowest BCUT2D eigenvalue weighted by Crippen LogP contribution is -2.47. The highest BCUT2D eigenvalue weighted by molar-refractivity contribution is 5.76. The summed E-state index contributed by atoms with van der Waals surface area (Å²) in [6, 6.07) is -0.883. The Balaban J connectivity index is 2.60. The molecule has 1 aliphatic rings. The number of hydrogen-bond donors (Lipinski definition) is 1. The van der Waals surface area contributed by atoms with Crippen LogP contribution in [-0.2, 0) is 9.53 Å². The SMILES string of the molecule is COC(=O)C(NCC(F)(F)F)C1CC=CCC1. The topological polar surface area (TPSA) is 38.3 Å². The van der Waals surface area contributed by atoms with Crippen LogP contribution in [0.3, 0.4) is 0 Å². The molecule has 1 aliphatic carbocycles. The van der Waals surface area contributed by atoms with Crippen LogP contribution in [0, 0.1) is 5.92 Å². The number of alkyl halides is 3. The Morgan fingerprint density at radius 1 is 1.53 bits per heavy atom. The summed E-state index contributed by atoms with van der Waals surface area (Å²) in [5, 5.41) is 2.25. The molecule has 6 heteroatoms. The molecule has 0 spiro atoms. The summed E-state index contributed by atoms with van der Waals surface area (Å²) in [7, 11) is 1.18. The normalized spacial score (nSPS) is 22.2. The van der Waals surface area contributed by atoms with Crippen molar-refractivity contribution in [2.45, 2.75) is 31.5 Å². The van der Waals surface area contributed by atoms with Gasteiger partial charge >= 0.3 is 12.1 Å². The van der Waals surface area contributed by atoms with E-state index in [9.17, 15) is 18.0 Å². The summed E-state index contributed by atoms with van der Waals surface area (Å²) >= 11 is 0. The maximum Gasteiger partial charge on any atom is 0.401 e. The maximum absolute atomic E-state index is 12.1. The quantitative estimate of drug-likeness (QED) is 0.613. The molecule has 17 heavy (non-hydrogen) atoms. The molecule has 1 rings (SSSR count). The summed E-state index contributed by atoms with van der Waals surface area (Å²) in [6.45, 7) is -1.17. The first-order chi connectivity index (χ1) is 7.94. The lowest BCUT2D eigenvalue weighted by Gasteiger charge is -2.27. The molecule has 0 aliphatic heterocycles. The third-order valence-electron chi connectivity index (χ3n) is 2.76. The Kier molecular flexibility index (Phi) is 4.99. The van der Waals surface area contributed by atoms with Crippen molar-refractivity contribution in [3.63, 3.8) is 0 Å². The average molecular weight is 251 g/mol. The van der Waals surface area contributed by atoms with E-state index in [0.29, 0.717) is 12.8 Å². The van der Waals surface area contributed by atoms with Gasteiger partial charge in [0.25, 0.3) is 0 Å². The van der Waals surface area contributed by atoms with Crippen LogP contribution < -0.4 is 5.32 Å². The molecule has 98 valence electrons. The minimum atomic E-state index is -4.32. The number of halogens is 3. The minimum Gasteiger partial charge on any atom is -0.468 e. The van der Waals surface area contributed by atoms with Gasteiger partial charge in [-0.25, -0.2) is 0 Å². The number of methoxy groups -OCH3 is 1. The van der Waals surface area contributed by atoms with Crippen LogP contribution in [0.1, 0.15) is 19.3 Å². The van der Waals surface area contributed by atoms with E-state index in [4.69, 9.17) is 0 Å². The maximum atomic E-state index is 12.1. The van der Waals surface area contributed by atoms with Gasteiger partial charge in [-0.2, -0.15) is 13.2 Å². The number of nitrogens with one attached hydrogen (secondary N) is 1. The van der Waals surface area contributed by atoms with E-state index in [1.54, 1.807) is 0 Å². The first-order valence-electron chi connectivity index (χ1n) is 5.47. The van der Waals surface area contributed by atoms with E-state index in [1.807, 2.05) is 12.2 Å². The van der Waals surface area contributed by atoms with E-state index in [2.05, 4.69) is 10.1 Å². The summed E-state index contributed by atoms with van der Waals surface area (Å²) in [5.41, 5.74) is 0. The number of esters is 1. The van der Waals surface area contributed by atoms with Crippen molar-refractivity contribution in [2.75, 3.05) is 13.7 Å². The number of allylic oxidation sites excluding steroid dienone is 2.